The molecule has 0 atom stereocenters. The van der Waals surface area contributed by atoms with E-state index >= 15 is 0 Å². The molecule has 0 unspecified atom stereocenters. The van der Waals surface area contributed by atoms with Gasteiger partial charge in [0.1, 0.15) is 11.5 Å². The number of hydrogen-bond donors (Lipinski definition) is 0. The molecule has 0 amide bonds. The Kier molecular flexibility index (Phi) is 4.74. The van der Waals surface area contributed by atoms with Crippen molar-refractivity contribution in [3.8, 4) is 22.8 Å². The first-order valence-electron chi connectivity index (χ1n) is 13.5. The monoisotopic (exact) mass is 471 g/mol. The summed E-state index contributed by atoms with van der Waals surface area (Å²) in [5, 5.41) is 7.46. The van der Waals surface area contributed by atoms with Gasteiger partial charge in [-0.25, -0.2) is 0 Å². The molecule has 7 rings (SSSR count). The first-order valence-corrected chi connectivity index (χ1v) is 13.5. The van der Waals surface area contributed by atoms with Gasteiger partial charge in [0.05, 0.1) is 11.1 Å². The summed E-state index contributed by atoms with van der Waals surface area (Å²) in [7, 11) is 0. The van der Waals surface area contributed by atoms with Crippen molar-refractivity contribution in [2.75, 3.05) is 0 Å². The van der Waals surface area contributed by atoms with Crippen LogP contribution in [0.4, 0.5) is 0 Å². The summed E-state index contributed by atoms with van der Waals surface area (Å²) < 4.78 is 6.79. The fourth-order valence-electron chi connectivity index (χ4n) is 6.68. The van der Waals surface area contributed by atoms with Crippen molar-refractivity contribution in [3.63, 3.8) is 0 Å². The lowest BCUT2D eigenvalue weighted by atomic mass is 9.71. The molecule has 1 aromatic heterocycles. The number of ether oxygens (including phenoxy) is 1. The van der Waals surface area contributed by atoms with E-state index < -0.39 is 0 Å². The van der Waals surface area contributed by atoms with Gasteiger partial charge >= 0.3 is 0 Å². The van der Waals surface area contributed by atoms with Crippen molar-refractivity contribution in [2.45, 2.75) is 65.2 Å². The van der Waals surface area contributed by atoms with E-state index in [0.717, 1.165) is 28.1 Å². The third kappa shape index (κ3) is 3.27. The lowest BCUT2D eigenvalue weighted by molar-refractivity contribution is 0.224. The summed E-state index contributed by atoms with van der Waals surface area (Å²) in [4.78, 5) is 4.94. The molecule has 1 saturated carbocycles. The Bertz CT molecular complexity index is 1670. The maximum Gasteiger partial charge on any atom is 0.140 e. The maximum absolute atomic E-state index is 6.79. The van der Waals surface area contributed by atoms with Gasteiger partial charge in [-0.3, -0.25) is 4.98 Å². The van der Waals surface area contributed by atoms with Crippen LogP contribution in [-0.2, 0) is 0 Å². The quantitative estimate of drug-likeness (QED) is 0.234. The number of nitrogens with zero attached hydrogens (tertiary/aromatic N) is 1. The summed E-state index contributed by atoms with van der Waals surface area (Å²) in [6.07, 6.45) is 7.15. The molecule has 4 aromatic carbocycles. The Balaban J connectivity index is 1.45. The first-order chi connectivity index (χ1) is 17.4. The summed E-state index contributed by atoms with van der Waals surface area (Å²) in [5.74, 6) is 2.90. The number of benzene rings is 4. The van der Waals surface area contributed by atoms with E-state index in [0.29, 0.717) is 17.3 Å². The highest BCUT2D eigenvalue weighted by atomic mass is 16.5. The Morgan fingerprint density at radius 1 is 0.861 bits per heavy atom. The van der Waals surface area contributed by atoms with Crippen LogP contribution in [0.25, 0.3) is 43.6 Å². The van der Waals surface area contributed by atoms with E-state index in [9.17, 15) is 0 Å². The zero-order valence-corrected chi connectivity index (χ0v) is 21.7. The number of aromatic nitrogens is 1. The Labute approximate surface area is 213 Å². The largest absolute Gasteiger partial charge is 0.456 e. The van der Waals surface area contributed by atoms with Gasteiger partial charge < -0.3 is 4.74 Å². The Morgan fingerprint density at radius 3 is 2.44 bits per heavy atom. The van der Waals surface area contributed by atoms with Crippen LogP contribution in [0, 0.1) is 5.41 Å². The second kappa shape index (κ2) is 7.80. The second-order valence-corrected chi connectivity index (χ2v) is 12.0. The average Bonchev–Trinajstić information content (AvgIpc) is 2.87. The van der Waals surface area contributed by atoms with Crippen LogP contribution >= 0.6 is 0 Å². The lowest BCUT2D eigenvalue weighted by Gasteiger charge is -2.34. The van der Waals surface area contributed by atoms with Crippen molar-refractivity contribution < 1.29 is 4.74 Å². The predicted molar refractivity (Wildman–Crippen MR) is 151 cm³/mol. The minimum atomic E-state index is 0.342. The van der Waals surface area contributed by atoms with E-state index in [1.165, 1.54) is 63.7 Å². The highest BCUT2D eigenvalue weighted by Crippen LogP contribution is 2.52. The van der Waals surface area contributed by atoms with Crippen molar-refractivity contribution >= 4 is 32.3 Å². The number of fused-ring (bicyclic) bond motifs is 5. The molecule has 36 heavy (non-hydrogen) atoms. The molecule has 2 heteroatoms. The second-order valence-electron chi connectivity index (χ2n) is 12.0. The molecule has 0 bridgehead atoms. The molecule has 2 heterocycles. The molecule has 1 aliphatic heterocycles. The summed E-state index contributed by atoms with van der Waals surface area (Å²) in [6.45, 7) is 9.33. The normalized spacial score (nSPS) is 17.0. The Hall–Kier alpha value is -3.39. The number of rotatable bonds is 2. The lowest BCUT2D eigenvalue weighted by Crippen LogP contribution is -2.20. The highest BCUT2D eigenvalue weighted by molar-refractivity contribution is 6.16. The minimum Gasteiger partial charge on any atom is -0.456 e. The van der Waals surface area contributed by atoms with E-state index in [-0.39, 0.29) is 0 Å². The third-order valence-corrected chi connectivity index (χ3v) is 8.75. The molecule has 0 saturated heterocycles. The SMILES string of the molecule is CC(C)c1c2c(cc3ccccc13)-c1nccc3c1c(cc1ccc(C4CCC(C)(C)CC4)cc13)O2. The van der Waals surface area contributed by atoms with Crippen LogP contribution in [0.1, 0.15) is 76.3 Å². The third-order valence-electron chi connectivity index (χ3n) is 8.75. The van der Waals surface area contributed by atoms with Crippen LogP contribution in [0.15, 0.2) is 66.9 Å². The van der Waals surface area contributed by atoms with Crippen molar-refractivity contribution in [1.82, 2.24) is 4.98 Å². The number of pyridine rings is 1. The van der Waals surface area contributed by atoms with Gasteiger partial charge in [0, 0.05) is 17.3 Å². The standard InChI is InChI=1S/C34H33NO/c1-20(2)30-25-8-6-5-7-23(25)18-28-32-31-26(13-16-35-32)27-17-22(21-11-14-34(3,4)15-12-21)9-10-24(27)19-29(31)36-33(28)30/h5-10,13,16-21H,11-12,14-15H2,1-4H3. The summed E-state index contributed by atoms with van der Waals surface area (Å²) >= 11 is 0. The molecule has 1 aliphatic carbocycles. The van der Waals surface area contributed by atoms with Crippen LogP contribution < -0.4 is 4.74 Å². The van der Waals surface area contributed by atoms with Crippen LogP contribution in [0.5, 0.6) is 11.5 Å². The zero-order valence-electron chi connectivity index (χ0n) is 21.7. The van der Waals surface area contributed by atoms with Crippen molar-refractivity contribution in [3.05, 3.63) is 78.0 Å². The van der Waals surface area contributed by atoms with Crippen molar-refractivity contribution in [2.24, 2.45) is 5.41 Å². The summed E-state index contributed by atoms with van der Waals surface area (Å²) in [5.41, 5.74) is 5.39. The van der Waals surface area contributed by atoms with Gasteiger partial charge in [-0.1, -0.05) is 70.2 Å². The minimum absolute atomic E-state index is 0.342. The topological polar surface area (TPSA) is 22.1 Å². The molecule has 180 valence electrons. The molecule has 1 fully saturated rings. The van der Waals surface area contributed by atoms with Gasteiger partial charge in [-0.2, -0.15) is 0 Å². The molecular formula is C34H33NO. The highest BCUT2D eigenvalue weighted by Gasteiger charge is 2.29. The predicted octanol–water partition coefficient (Wildman–Crippen LogP) is 10.1. The molecular weight excluding hydrogens is 438 g/mol. The van der Waals surface area contributed by atoms with Gasteiger partial charge in [0.2, 0.25) is 0 Å². The first kappa shape index (κ1) is 21.9. The van der Waals surface area contributed by atoms with E-state index in [2.05, 4.69) is 88.4 Å². The van der Waals surface area contributed by atoms with Gasteiger partial charge in [-0.05, 0) is 93.6 Å². The molecule has 2 nitrogen and oxygen atoms in total. The maximum atomic E-state index is 6.79. The van der Waals surface area contributed by atoms with Gasteiger partial charge in [-0.15, -0.1) is 0 Å². The van der Waals surface area contributed by atoms with Crippen LogP contribution in [0.3, 0.4) is 0 Å². The fraction of sp³-hybridized carbons (Fsp3) is 0.324. The number of hydrogen-bond acceptors (Lipinski definition) is 2. The van der Waals surface area contributed by atoms with Crippen LogP contribution in [-0.4, -0.2) is 4.98 Å². The molecule has 5 aromatic rings. The molecule has 0 spiro atoms. The Morgan fingerprint density at radius 2 is 1.64 bits per heavy atom. The van der Waals surface area contributed by atoms with Crippen molar-refractivity contribution in [1.29, 1.82) is 0 Å². The molecule has 2 aliphatic rings. The molecule has 0 N–H and O–H groups in total. The van der Waals surface area contributed by atoms with E-state index in [1.54, 1.807) is 0 Å². The van der Waals surface area contributed by atoms with Crippen LogP contribution in [0.2, 0.25) is 0 Å². The smallest absolute Gasteiger partial charge is 0.140 e. The van der Waals surface area contributed by atoms with E-state index in [4.69, 9.17) is 9.72 Å². The van der Waals surface area contributed by atoms with Gasteiger partial charge in [0.15, 0.2) is 0 Å². The fourth-order valence-corrected chi connectivity index (χ4v) is 6.68. The molecule has 0 radical (unpaired) electrons. The van der Waals surface area contributed by atoms with Gasteiger partial charge in [0.25, 0.3) is 0 Å². The van der Waals surface area contributed by atoms with E-state index in [1.807, 2.05) is 6.20 Å². The summed E-state index contributed by atoms with van der Waals surface area (Å²) in [6, 6.07) is 22.5. The average molecular weight is 472 g/mol. The zero-order chi connectivity index (χ0) is 24.6.